The molecular formula is C45H49N9O6. The fourth-order valence-corrected chi connectivity index (χ4v) is 7.99. The smallest absolute Gasteiger partial charge is 0.405 e. The number of phenols is 1. The number of hydrogen-bond acceptors (Lipinski definition) is 9. The van der Waals surface area contributed by atoms with E-state index in [1.54, 1.807) is 17.0 Å². The Kier molecular flexibility index (Phi) is 12.4. The molecule has 7 rings (SSSR count). The topological polar surface area (TPSA) is 239 Å². The molecule has 310 valence electrons. The molecule has 3 amide bonds. The van der Waals surface area contributed by atoms with Gasteiger partial charge in [0.15, 0.2) is 17.9 Å². The third-order valence-electron chi connectivity index (χ3n) is 11.2. The first-order valence-electron chi connectivity index (χ1n) is 19.9. The Hall–Kier alpha value is -7.16. The summed E-state index contributed by atoms with van der Waals surface area (Å²) in [5.41, 5.74) is 18.3. The Balaban J connectivity index is 1.17. The van der Waals surface area contributed by atoms with Crippen molar-refractivity contribution in [2.75, 3.05) is 13.1 Å². The number of aromatic nitrogens is 3. The van der Waals surface area contributed by atoms with Gasteiger partial charge in [-0.2, -0.15) is 4.98 Å². The molecule has 15 heteroatoms. The quantitative estimate of drug-likeness (QED) is 0.0551. The van der Waals surface area contributed by atoms with Crippen molar-refractivity contribution in [3.63, 3.8) is 0 Å². The molecule has 0 bridgehead atoms. The predicted octanol–water partition coefficient (Wildman–Crippen LogP) is 5.33. The number of amides is 3. The summed E-state index contributed by atoms with van der Waals surface area (Å²) in [6.07, 6.45) is 0.907. The highest BCUT2D eigenvalue weighted by molar-refractivity contribution is 5.91. The Morgan fingerprint density at radius 1 is 0.917 bits per heavy atom. The van der Waals surface area contributed by atoms with Crippen LogP contribution in [-0.4, -0.2) is 74.2 Å². The van der Waals surface area contributed by atoms with Gasteiger partial charge in [-0.25, -0.2) is 4.79 Å². The van der Waals surface area contributed by atoms with Gasteiger partial charge >= 0.3 is 6.09 Å². The van der Waals surface area contributed by atoms with Gasteiger partial charge in [0.1, 0.15) is 17.8 Å². The van der Waals surface area contributed by atoms with Crippen molar-refractivity contribution >= 4 is 34.8 Å². The highest BCUT2D eigenvalue weighted by atomic mass is 16.6. The van der Waals surface area contributed by atoms with E-state index in [4.69, 9.17) is 31.1 Å². The number of primary amides is 1. The van der Waals surface area contributed by atoms with Crippen LogP contribution in [0.25, 0.3) is 22.0 Å². The summed E-state index contributed by atoms with van der Waals surface area (Å²) in [5.74, 6) is -1.11. The number of para-hydroxylation sites is 1. The average molecular weight is 812 g/mol. The van der Waals surface area contributed by atoms with E-state index in [1.165, 1.54) is 0 Å². The van der Waals surface area contributed by atoms with Gasteiger partial charge in [0.25, 0.3) is 5.91 Å². The van der Waals surface area contributed by atoms with Gasteiger partial charge in [-0.05, 0) is 83.8 Å². The van der Waals surface area contributed by atoms with Crippen molar-refractivity contribution in [1.82, 2.24) is 30.7 Å². The number of hydrogen-bond donors (Lipinski definition) is 7. The highest BCUT2D eigenvalue weighted by Crippen LogP contribution is 2.28. The molecule has 60 heavy (non-hydrogen) atoms. The lowest BCUT2D eigenvalue weighted by Crippen LogP contribution is -2.55. The number of rotatable bonds is 14. The molecule has 1 aliphatic rings. The minimum absolute atomic E-state index is 0.0372. The molecule has 0 spiro atoms. The second kappa shape index (κ2) is 18.2. The molecule has 4 aromatic carbocycles. The van der Waals surface area contributed by atoms with Crippen LogP contribution in [0.15, 0.2) is 102 Å². The molecular weight excluding hydrogens is 763 g/mol. The largest absolute Gasteiger partial charge is 0.508 e. The van der Waals surface area contributed by atoms with E-state index in [0.29, 0.717) is 38.2 Å². The van der Waals surface area contributed by atoms with Gasteiger partial charge in [-0.3, -0.25) is 15.0 Å². The number of carbonyl (C=O) groups excluding carboxylic acids is 3. The van der Waals surface area contributed by atoms with Crippen LogP contribution in [-0.2, 0) is 33.6 Å². The third-order valence-corrected chi connectivity index (χ3v) is 11.2. The number of phenolic OH excluding ortho intramolecular Hbond substituents is 1. The average Bonchev–Trinajstić information content (AvgIpc) is 3.88. The number of likely N-dealkylation sites (tertiary alicyclic amines) is 1. The number of aromatic hydroxyl groups is 1. The highest BCUT2D eigenvalue weighted by Gasteiger charge is 2.37. The van der Waals surface area contributed by atoms with Gasteiger partial charge in [0, 0.05) is 55.4 Å². The number of piperidine rings is 1. The van der Waals surface area contributed by atoms with Crippen molar-refractivity contribution in [2.45, 2.75) is 64.1 Å². The molecule has 2 aromatic heterocycles. The first-order chi connectivity index (χ1) is 28.9. The van der Waals surface area contributed by atoms with Crippen molar-refractivity contribution in [3.05, 3.63) is 137 Å². The van der Waals surface area contributed by atoms with Crippen molar-refractivity contribution in [2.24, 2.45) is 17.4 Å². The monoisotopic (exact) mass is 811 g/mol. The number of nitrogens with one attached hydrogen (secondary N) is 4. The summed E-state index contributed by atoms with van der Waals surface area (Å²) >= 11 is 0. The molecule has 3 atom stereocenters. The summed E-state index contributed by atoms with van der Waals surface area (Å²) < 4.78 is 11.3. The minimum atomic E-state index is -1.31. The van der Waals surface area contributed by atoms with E-state index in [-0.39, 0.29) is 30.4 Å². The minimum Gasteiger partial charge on any atom is -0.508 e. The molecule has 3 heterocycles. The molecule has 9 N–H and O–H groups in total. The molecule has 0 unspecified atom stereocenters. The Morgan fingerprint density at radius 3 is 2.27 bits per heavy atom. The number of ether oxygens (including phenoxy) is 1. The zero-order valence-corrected chi connectivity index (χ0v) is 33.5. The van der Waals surface area contributed by atoms with Gasteiger partial charge in [0.05, 0.1) is 0 Å². The molecule has 1 saturated heterocycles. The summed E-state index contributed by atoms with van der Waals surface area (Å²) in [6, 6.07) is 27.2. The van der Waals surface area contributed by atoms with Gasteiger partial charge < -0.3 is 46.4 Å². The number of carbonyl (C=O) groups is 3. The standard InChI is InChI=1S/C45H49N9O6/c1-26-20-33(55)21-27(2)35(26)24-37(50-42(57)40(59-45(48)58)31-16-18-54(19-17-31)44(46)47)41(56)51-38(23-32-25-49-36-11-7-6-10-34(32)36)43-52-39(53-60-43)22-28-12-14-30(15-13-28)29-8-4-3-5-9-29/h3-15,20-21,25,31,37-38,40,49,55H,16-19,22-24H2,1-2H3,(H3,46,47)(H2,48,58)(H,50,57)(H,51,56)/t37-,38-,40+/m0/s1. The van der Waals surface area contributed by atoms with Crippen LogP contribution in [0.2, 0.25) is 0 Å². The second-order valence-electron chi connectivity index (χ2n) is 15.3. The second-order valence-corrected chi connectivity index (χ2v) is 15.3. The number of nitrogens with zero attached hydrogens (tertiary/aromatic N) is 3. The maximum atomic E-state index is 14.7. The molecule has 1 aliphatic heterocycles. The predicted molar refractivity (Wildman–Crippen MR) is 226 cm³/mol. The van der Waals surface area contributed by atoms with Crippen LogP contribution in [0, 0.1) is 25.2 Å². The molecule has 15 nitrogen and oxygen atoms in total. The maximum absolute atomic E-state index is 14.7. The van der Waals surface area contributed by atoms with Gasteiger partial charge in [-0.1, -0.05) is 78.0 Å². The van der Waals surface area contributed by atoms with E-state index in [1.807, 2.05) is 86.8 Å². The number of aryl methyl sites for hydroxylation is 2. The molecule has 6 aromatic rings. The van der Waals surface area contributed by atoms with E-state index < -0.39 is 42.0 Å². The van der Waals surface area contributed by atoms with Crippen LogP contribution >= 0.6 is 0 Å². The van der Waals surface area contributed by atoms with Gasteiger partial charge in [0.2, 0.25) is 11.8 Å². The van der Waals surface area contributed by atoms with Crippen LogP contribution in [0.1, 0.15) is 58.4 Å². The zero-order valence-electron chi connectivity index (χ0n) is 33.5. The summed E-state index contributed by atoms with van der Waals surface area (Å²) in [7, 11) is 0. The first kappa shape index (κ1) is 41.0. The molecule has 0 aliphatic carbocycles. The number of fused-ring (bicyclic) bond motifs is 1. The lowest BCUT2D eigenvalue weighted by atomic mass is 9.90. The fraction of sp³-hybridized carbons (Fsp3) is 0.289. The van der Waals surface area contributed by atoms with E-state index in [0.717, 1.165) is 49.8 Å². The van der Waals surface area contributed by atoms with Crippen LogP contribution < -0.4 is 22.1 Å². The number of H-pyrrole nitrogens is 1. The molecule has 0 radical (unpaired) electrons. The van der Waals surface area contributed by atoms with Crippen molar-refractivity contribution < 1.29 is 28.8 Å². The first-order valence-corrected chi connectivity index (χ1v) is 19.9. The summed E-state index contributed by atoms with van der Waals surface area (Å²) in [4.78, 5) is 50.7. The van der Waals surface area contributed by atoms with Crippen LogP contribution in [0.5, 0.6) is 5.75 Å². The number of benzene rings is 4. The van der Waals surface area contributed by atoms with E-state index in [2.05, 4.69) is 32.9 Å². The Bertz CT molecular complexity index is 2450. The van der Waals surface area contributed by atoms with Gasteiger partial charge in [-0.15, -0.1) is 0 Å². The SMILES string of the molecule is Cc1cc(O)cc(C)c1C[C@H](NC(=O)[C@H](OC(N)=O)C1CCN(C(=N)N)CC1)C(=O)N[C@@H](Cc1c[nH]c2ccccc12)c1nc(Cc2ccc(-c3ccccc3)cc2)no1. The summed E-state index contributed by atoms with van der Waals surface area (Å²) in [6.45, 7) is 4.39. The van der Waals surface area contributed by atoms with Crippen LogP contribution in [0.3, 0.4) is 0 Å². The third kappa shape index (κ3) is 9.74. The number of aromatic amines is 1. The van der Waals surface area contributed by atoms with E-state index >= 15 is 0 Å². The molecule has 0 saturated carbocycles. The zero-order chi connectivity index (χ0) is 42.3. The molecule has 1 fully saturated rings. The van der Waals surface area contributed by atoms with Crippen molar-refractivity contribution in [1.29, 1.82) is 5.41 Å². The lowest BCUT2D eigenvalue weighted by Gasteiger charge is -2.35. The Labute approximate surface area is 347 Å². The summed E-state index contributed by atoms with van der Waals surface area (Å²) in [5, 5.41) is 29.3. The number of nitrogens with two attached hydrogens (primary N) is 2. The Morgan fingerprint density at radius 2 is 1.58 bits per heavy atom. The maximum Gasteiger partial charge on any atom is 0.405 e. The van der Waals surface area contributed by atoms with Crippen LogP contribution in [0.4, 0.5) is 4.79 Å². The normalized spacial score (nSPS) is 14.6. The van der Waals surface area contributed by atoms with E-state index in [9.17, 15) is 19.5 Å². The lowest BCUT2D eigenvalue weighted by molar-refractivity contribution is -0.137. The van der Waals surface area contributed by atoms with Crippen molar-refractivity contribution in [3.8, 4) is 16.9 Å². The number of guanidine groups is 1. The fourth-order valence-electron chi connectivity index (χ4n) is 7.99.